The van der Waals surface area contributed by atoms with E-state index in [1.807, 2.05) is 13.0 Å². The number of carbonyl (C=O) groups excluding carboxylic acids is 1. The minimum atomic E-state index is -0.355. The Hall–Kier alpha value is -2.09. The van der Waals surface area contributed by atoms with Gasteiger partial charge in [0.15, 0.2) is 0 Å². The highest BCUT2D eigenvalue weighted by atomic mass is 16.1. The van der Waals surface area contributed by atoms with Gasteiger partial charge in [0.05, 0.1) is 0 Å². The minimum absolute atomic E-state index is 0.0539. The van der Waals surface area contributed by atoms with E-state index in [0.29, 0.717) is 36.2 Å². The molecule has 1 heterocycles. The van der Waals surface area contributed by atoms with Crippen LogP contribution in [-0.2, 0) is 11.2 Å². The summed E-state index contributed by atoms with van der Waals surface area (Å²) in [6, 6.07) is 2.21. The van der Waals surface area contributed by atoms with Gasteiger partial charge < -0.3 is 10.3 Å². The quantitative estimate of drug-likeness (QED) is 0.847. The zero-order chi connectivity index (χ0) is 19.4. The minimum Gasteiger partial charge on any atom is -0.353 e. The summed E-state index contributed by atoms with van der Waals surface area (Å²) in [7, 11) is 0. The van der Waals surface area contributed by atoms with Gasteiger partial charge in [0.2, 0.25) is 5.91 Å². The first-order valence-electron chi connectivity index (χ1n) is 9.66. The van der Waals surface area contributed by atoms with Crippen molar-refractivity contribution in [2.24, 2.45) is 17.8 Å². The van der Waals surface area contributed by atoms with Crippen LogP contribution in [0.25, 0.3) is 0 Å². The predicted molar refractivity (Wildman–Crippen MR) is 103 cm³/mol. The molecule has 1 aliphatic carbocycles. The van der Waals surface area contributed by atoms with Gasteiger partial charge in [-0.1, -0.05) is 27.2 Å². The molecule has 1 fully saturated rings. The number of aromatic nitrogens is 1. The number of H-pyrrole nitrogens is 1. The van der Waals surface area contributed by atoms with Crippen LogP contribution >= 0.6 is 0 Å². The van der Waals surface area contributed by atoms with Crippen LogP contribution in [0.2, 0.25) is 0 Å². The number of nitrogens with zero attached hydrogens (tertiary/aromatic N) is 1. The van der Waals surface area contributed by atoms with Crippen LogP contribution in [0, 0.1) is 42.9 Å². The smallest absolute Gasteiger partial charge is 0.266 e. The first-order chi connectivity index (χ1) is 12.2. The Morgan fingerprint density at radius 2 is 2.04 bits per heavy atom. The number of rotatable bonds is 5. The van der Waals surface area contributed by atoms with Gasteiger partial charge in [-0.25, -0.2) is 0 Å². The summed E-state index contributed by atoms with van der Waals surface area (Å²) < 4.78 is 0. The maximum absolute atomic E-state index is 12.6. The molecule has 0 unspecified atom stereocenters. The van der Waals surface area contributed by atoms with Gasteiger partial charge in [0.1, 0.15) is 11.6 Å². The van der Waals surface area contributed by atoms with Gasteiger partial charge in [-0.3, -0.25) is 9.59 Å². The second-order valence-electron chi connectivity index (χ2n) is 8.17. The van der Waals surface area contributed by atoms with E-state index in [2.05, 4.69) is 31.1 Å². The third-order valence-electron chi connectivity index (χ3n) is 5.89. The molecule has 1 amide bonds. The summed E-state index contributed by atoms with van der Waals surface area (Å²) in [5.41, 5.74) is 2.12. The van der Waals surface area contributed by atoms with Crippen molar-refractivity contribution in [2.75, 3.05) is 0 Å². The summed E-state index contributed by atoms with van der Waals surface area (Å²) in [4.78, 5) is 27.1. The van der Waals surface area contributed by atoms with Gasteiger partial charge in [-0.15, -0.1) is 0 Å². The molecule has 5 heteroatoms. The number of aryl methyl sites for hydroxylation is 1. The fraction of sp³-hybridized carbons (Fsp3) is 0.667. The number of carbonyl (C=O) groups is 1. The number of amides is 1. The maximum Gasteiger partial charge on any atom is 0.266 e. The second-order valence-corrected chi connectivity index (χ2v) is 8.17. The summed E-state index contributed by atoms with van der Waals surface area (Å²) in [6.45, 7) is 10.3. The molecule has 142 valence electrons. The average molecular weight is 357 g/mol. The van der Waals surface area contributed by atoms with Crippen LogP contribution in [0.5, 0.6) is 0 Å². The van der Waals surface area contributed by atoms with E-state index in [4.69, 9.17) is 5.26 Å². The lowest BCUT2D eigenvalue weighted by molar-refractivity contribution is -0.122. The molecule has 1 aromatic rings. The first kappa shape index (κ1) is 20.2. The molecule has 0 bridgehead atoms. The largest absolute Gasteiger partial charge is 0.353 e. The van der Waals surface area contributed by atoms with Gasteiger partial charge in [-0.05, 0) is 62.0 Å². The first-order valence-corrected chi connectivity index (χ1v) is 9.66. The lowest BCUT2D eigenvalue weighted by Gasteiger charge is -2.37. The summed E-state index contributed by atoms with van der Waals surface area (Å²) in [5, 5.41) is 12.4. The Bertz CT molecular complexity index is 758. The van der Waals surface area contributed by atoms with Crippen LogP contribution < -0.4 is 10.9 Å². The number of hydrogen-bond donors (Lipinski definition) is 2. The molecule has 0 saturated heterocycles. The second kappa shape index (κ2) is 8.53. The normalized spacial score (nSPS) is 22.9. The van der Waals surface area contributed by atoms with Crippen molar-refractivity contribution in [3.8, 4) is 6.07 Å². The average Bonchev–Trinajstić information content (AvgIpc) is 2.54. The predicted octanol–water partition coefficient (Wildman–Crippen LogP) is 3.37. The molecule has 1 aromatic heterocycles. The molecular weight excluding hydrogens is 326 g/mol. The van der Waals surface area contributed by atoms with Crippen molar-refractivity contribution in [1.82, 2.24) is 10.3 Å². The zero-order valence-electron chi connectivity index (χ0n) is 16.6. The molecule has 26 heavy (non-hydrogen) atoms. The van der Waals surface area contributed by atoms with E-state index >= 15 is 0 Å². The lowest BCUT2D eigenvalue weighted by atomic mass is 9.74. The Morgan fingerprint density at radius 3 is 2.65 bits per heavy atom. The highest BCUT2D eigenvalue weighted by Gasteiger charge is 2.31. The van der Waals surface area contributed by atoms with Gasteiger partial charge in [0.25, 0.3) is 5.56 Å². The SMILES string of the molecule is Cc1[nH]c(=O)c(C#N)c(C)c1CCC(=O)N[C@@H]1C[C@@H](C)CC[C@@H]1C(C)C. The van der Waals surface area contributed by atoms with E-state index in [-0.39, 0.29) is 23.1 Å². The number of aromatic amines is 1. The Balaban J connectivity index is 2.05. The molecule has 2 rings (SSSR count). The molecule has 0 spiro atoms. The van der Waals surface area contributed by atoms with Gasteiger partial charge in [-0.2, -0.15) is 5.26 Å². The van der Waals surface area contributed by atoms with Gasteiger partial charge in [0, 0.05) is 18.2 Å². The molecule has 1 aliphatic rings. The summed E-state index contributed by atoms with van der Waals surface area (Å²) in [6.07, 6.45) is 4.36. The molecule has 1 saturated carbocycles. The molecular formula is C21H31N3O2. The Kier molecular flexibility index (Phi) is 6.63. The molecule has 0 aliphatic heterocycles. The van der Waals surface area contributed by atoms with Crippen LogP contribution in [0.15, 0.2) is 4.79 Å². The van der Waals surface area contributed by atoms with E-state index in [1.165, 1.54) is 12.8 Å². The summed E-state index contributed by atoms with van der Waals surface area (Å²) >= 11 is 0. The Morgan fingerprint density at radius 1 is 1.35 bits per heavy atom. The van der Waals surface area contributed by atoms with Gasteiger partial charge >= 0.3 is 0 Å². The van der Waals surface area contributed by atoms with Crippen LogP contribution in [-0.4, -0.2) is 16.9 Å². The molecule has 0 aromatic carbocycles. The standard InChI is InChI=1S/C21H31N3O2/c1-12(2)16-7-6-13(3)10-19(16)24-20(25)9-8-17-14(4)18(11-22)21(26)23-15(17)5/h12-13,16,19H,6-10H2,1-5H3,(H,23,26)(H,24,25)/t13-,16+,19+/m0/s1. The maximum atomic E-state index is 12.6. The molecule has 5 nitrogen and oxygen atoms in total. The van der Waals surface area contributed by atoms with Crippen molar-refractivity contribution in [1.29, 1.82) is 5.26 Å². The number of nitrogens with one attached hydrogen (secondary N) is 2. The number of pyridine rings is 1. The molecule has 0 radical (unpaired) electrons. The molecule has 2 N–H and O–H groups in total. The van der Waals surface area contributed by atoms with Crippen molar-refractivity contribution >= 4 is 5.91 Å². The van der Waals surface area contributed by atoms with Crippen LogP contribution in [0.4, 0.5) is 0 Å². The third-order valence-corrected chi connectivity index (χ3v) is 5.89. The highest BCUT2D eigenvalue weighted by molar-refractivity contribution is 5.76. The fourth-order valence-electron chi connectivity index (χ4n) is 4.31. The van der Waals surface area contributed by atoms with Crippen molar-refractivity contribution in [2.45, 2.75) is 72.8 Å². The summed E-state index contributed by atoms with van der Waals surface area (Å²) in [5.74, 6) is 1.81. The van der Waals surface area contributed by atoms with E-state index in [1.54, 1.807) is 6.92 Å². The fourth-order valence-corrected chi connectivity index (χ4v) is 4.31. The van der Waals surface area contributed by atoms with E-state index < -0.39 is 0 Å². The number of nitriles is 1. The lowest BCUT2D eigenvalue weighted by Crippen LogP contribution is -2.45. The monoisotopic (exact) mass is 357 g/mol. The van der Waals surface area contributed by atoms with Crippen molar-refractivity contribution in [3.05, 3.63) is 32.7 Å². The number of hydrogen-bond acceptors (Lipinski definition) is 3. The Labute approximate surface area is 156 Å². The van der Waals surface area contributed by atoms with E-state index in [9.17, 15) is 9.59 Å². The van der Waals surface area contributed by atoms with E-state index in [0.717, 1.165) is 17.7 Å². The third kappa shape index (κ3) is 4.55. The van der Waals surface area contributed by atoms with Crippen molar-refractivity contribution < 1.29 is 4.79 Å². The van der Waals surface area contributed by atoms with Crippen LogP contribution in [0.1, 0.15) is 68.8 Å². The van der Waals surface area contributed by atoms with Crippen molar-refractivity contribution in [3.63, 3.8) is 0 Å². The zero-order valence-corrected chi connectivity index (χ0v) is 16.6. The molecule has 3 atom stereocenters. The topological polar surface area (TPSA) is 85.8 Å². The van der Waals surface area contributed by atoms with Crippen LogP contribution in [0.3, 0.4) is 0 Å². The highest BCUT2D eigenvalue weighted by Crippen LogP contribution is 2.33.